The van der Waals surface area contributed by atoms with Gasteiger partial charge >= 0.3 is 5.97 Å². The van der Waals surface area contributed by atoms with Gasteiger partial charge in [-0.25, -0.2) is 4.79 Å². The highest BCUT2D eigenvalue weighted by molar-refractivity contribution is 14.1. The zero-order chi connectivity index (χ0) is 13.1. The average Bonchev–Trinajstić information content (AvgIpc) is 2.28. The molecule has 0 atom stereocenters. The van der Waals surface area contributed by atoms with Gasteiger partial charge < -0.3 is 10.4 Å². The Bertz CT molecular complexity index is 596. The summed E-state index contributed by atoms with van der Waals surface area (Å²) in [7, 11) is 0. The van der Waals surface area contributed by atoms with E-state index in [-0.39, 0.29) is 0 Å². The van der Waals surface area contributed by atoms with Crippen molar-refractivity contribution in [2.75, 3.05) is 5.32 Å². The third-order valence-corrected chi connectivity index (χ3v) is 3.24. The highest BCUT2D eigenvalue weighted by atomic mass is 127. The number of anilines is 2. The van der Waals surface area contributed by atoms with Crippen molar-refractivity contribution in [3.63, 3.8) is 0 Å². The van der Waals surface area contributed by atoms with E-state index < -0.39 is 5.97 Å². The number of hydrogen-bond acceptors (Lipinski definition) is 2. The molecule has 3 nitrogen and oxygen atoms in total. The molecule has 0 aliphatic rings. The van der Waals surface area contributed by atoms with Gasteiger partial charge in [-0.2, -0.15) is 0 Å². The highest BCUT2D eigenvalue weighted by Crippen LogP contribution is 2.21. The lowest BCUT2D eigenvalue weighted by atomic mass is 10.1. The molecule has 2 N–H and O–H groups in total. The summed E-state index contributed by atoms with van der Waals surface area (Å²) >= 11 is 2.25. The first kappa shape index (κ1) is 12.9. The SMILES string of the molecule is Cc1cc(Nc2cccc(I)c2)ccc1C(=O)O. The van der Waals surface area contributed by atoms with Gasteiger partial charge in [-0.3, -0.25) is 0 Å². The van der Waals surface area contributed by atoms with Gasteiger partial charge in [0.25, 0.3) is 0 Å². The number of carbonyl (C=O) groups is 1. The van der Waals surface area contributed by atoms with E-state index >= 15 is 0 Å². The van der Waals surface area contributed by atoms with Crippen molar-refractivity contribution in [3.8, 4) is 0 Å². The Morgan fingerprint density at radius 1 is 1.17 bits per heavy atom. The number of aromatic carboxylic acids is 1. The summed E-state index contributed by atoms with van der Waals surface area (Å²) in [5.74, 6) is -0.895. The number of hydrogen-bond donors (Lipinski definition) is 2. The number of halogens is 1. The summed E-state index contributed by atoms with van der Waals surface area (Å²) in [6.07, 6.45) is 0. The molecular formula is C14H12INO2. The summed E-state index contributed by atoms with van der Waals surface area (Å²) in [5, 5.41) is 12.2. The van der Waals surface area contributed by atoms with E-state index in [1.165, 1.54) is 0 Å². The Morgan fingerprint density at radius 3 is 2.50 bits per heavy atom. The van der Waals surface area contributed by atoms with E-state index in [0.717, 1.165) is 20.5 Å². The normalized spacial score (nSPS) is 10.1. The molecule has 0 spiro atoms. The van der Waals surface area contributed by atoms with E-state index in [0.29, 0.717) is 5.56 Å². The summed E-state index contributed by atoms with van der Waals surface area (Å²) in [5.41, 5.74) is 2.96. The Kier molecular flexibility index (Phi) is 3.86. The van der Waals surface area contributed by atoms with Gasteiger partial charge in [-0.15, -0.1) is 0 Å². The molecule has 0 radical (unpaired) electrons. The van der Waals surface area contributed by atoms with Crippen LogP contribution in [0.5, 0.6) is 0 Å². The van der Waals surface area contributed by atoms with Crippen LogP contribution >= 0.6 is 22.6 Å². The van der Waals surface area contributed by atoms with E-state index in [9.17, 15) is 4.79 Å². The van der Waals surface area contributed by atoms with Crippen LogP contribution in [-0.2, 0) is 0 Å². The number of carboxylic acid groups (broad SMARTS) is 1. The molecule has 0 heterocycles. The molecule has 0 saturated carbocycles. The lowest BCUT2D eigenvalue weighted by molar-refractivity contribution is 0.0696. The zero-order valence-corrected chi connectivity index (χ0v) is 11.9. The van der Waals surface area contributed by atoms with Crippen molar-refractivity contribution in [1.29, 1.82) is 0 Å². The number of aryl methyl sites for hydroxylation is 1. The van der Waals surface area contributed by atoms with Crippen LogP contribution in [0, 0.1) is 10.5 Å². The van der Waals surface area contributed by atoms with Crippen LogP contribution in [0.3, 0.4) is 0 Å². The predicted molar refractivity (Wildman–Crippen MR) is 80.6 cm³/mol. The summed E-state index contributed by atoms with van der Waals surface area (Å²) in [6, 6.07) is 13.2. The molecule has 92 valence electrons. The predicted octanol–water partition coefficient (Wildman–Crippen LogP) is 4.04. The molecule has 0 aromatic heterocycles. The second-order valence-electron chi connectivity index (χ2n) is 3.97. The van der Waals surface area contributed by atoms with Gasteiger partial charge in [0.15, 0.2) is 0 Å². The van der Waals surface area contributed by atoms with Gasteiger partial charge in [-0.05, 0) is 71.5 Å². The fourth-order valence-corrected chi connectivity index (χ4v) is 2.26. The van der Waals surface area contributed by atoms with Crippen molar-refractivity contribution >= 4 is 39.9 Å². The third-order valence-electron chi connectivity index (χ3n) is 2.57. The van der Waals surface area contributed by atoms with Crippen LogP contribution in [0.1, 0.15) is 15.9 Å². The average molecular weight is 353 g/mol. The number of carboxylic acids is 1. The molecule has 2 aromatic rings. The molecule has 0 saturated heterocycles. The first-order valence-electron chi connectivity index (χ1n) is 5.43. The molecule has 18 heavy (non-hydrogen) atoms. The lowest BCUT2D eigenvalue weighted by Crippen LogP contribution is -2.00. The van der Waals surface area contributed by atoms with Crippen molar-refractivity contribution in [2.24, 2.45) is 0 Å². The molecule has 0 aliphatic carbocycles. The fourth-order valence-electron chi connectivity index (χ4n) is 1.71. The molecular weight excluding hydrogens is 341 g/mol. The second-order valence-corrected chi connectivity index (χ2v) is 5.22. The van der Waals surface area contributed by atoms with Crippen molar-refractivity contribution < 1.29 is 9.90 Å². The van der Waals surface area contributed by atoms with E-state index in [1.54, 1.807) is 19.1 Å². The Hall–Kier alpha value is -1.56. The van der Waals surface area contributed by atoms with Crippen molar-refractivity contribution in [3.05, 3.63) is 57.2 Å². The standard InChI is InChI=1S/C14H12INO2/c1-9-7-12(5-6-13(9)14(17)18)16-11-4-2-3-10(15)8-11/h2-8,16H,1H3,(H,17,18). The number of rotatable bonds is 3. The topological polar surface area (TPSA) is 49.3 Å². The van der Waals surface area contributed by atoms with Crippen molar-refractivity contribution in [1.82, 2.24) is 0 Å². The van der Waals surface area contributed by atoms with Gasteiger partial charge in [0.2, 0.25) is 0 Å². The minimum absolute atomic E-state index is 0.336. The Morgan fingerprint density at radius 2 is 1.89 bits per heavy atom. The molecule has 0 amide bonds. The van der Waals surface area contributed by atoms with Crippen molar-refractivity contribution in [2.45, 2.75) is 6.92 Å². The molecule has 4 heteroatoms. The maximum Gasteiger partial charge on any atom is 0.335 e. The van der Waals surface area contributed by atoms with Crippen LogP contribution in [0.4, 0.5) is 11.4 Å². The van der Waals surface area contributed by atoms with Crippen LogP contribution in [0.15, 0.2) is 42.5 Å². The maximum atomic E-state index is 10.9. The van der Waals surface area contributed by atoms with Crippen LogP contribution in [0.25, 0.3) is 0 Å². The largest absolute Gasteiger partial charge is 0.478 e. The summed E-state index contributed by atoms with van der Waals surface area (Å²) in [6.45, 7) is 1.80. The molecule has 0 fully saturated rings. The van der Waals surface area contributed by atoms with Gasteiger partial charge in [0, 0.05) is 14.9 Å². The minimum Gasteiger partial charge on any atom is -0.478 e. The molecule has 0 unspecified atom stereocenters. The first-order valence-corrected chi connectivity index (χ1v) is 6.50. The molecule has 0 bridgehead atoms. The van der Waals surface area contributed by atoms with Crippen LogP contribution in [-0.4, -0.2) is 11.1 Å². The van der Waals surface area contributed by atoms with Gasteiger partial charge in [-0.1, -0.05) is 6.07 Å². The third kappa shape index (κ3) is 3.01. The Balaban J connectivity index is 2.25. The van der Waals surface area contributed by atoms with Crippen LogP contribution in [0.2, 0.25) is 0 Å². The Labute approximate surface area is 119 Å². The van der Waals surface area contributed by atoms with Gasteiger partial charge in [0.05, 0.1) is 5.56 Å². The summed E-state index contributed by atoms with van der Waals surface area (Å²) < 4.78 is 1.15. The number of benzene rings is 2. The van der Waals surface area contributed by atoms with Gasteiger partial charge in [0.1, 0.15) is 0 Å². The van der Waals surface area contributed by atoms with Crippen LogP contribution < -0.4 is 5.32 Å². The quantitative estimate of drug-likeness (QED) is 0.819. The zero-order valence-electron chi connectivity index (χ0n) is 9.77. The van der Waals surface area contributed by atoms with E-state index in [2.05, 4.69) is 27.9 Å². The number of nitrogens with one attached hydrogen (secondary N) is 1. The fraction of sp³-hybridized carbons (Fsp3) is 0.0714. The van der Waals surface area contributed by atoms with E-state index in [4.69, 9.17) is 5.11 Å². The monoisotopic (exact) mass is 353 g/mol. The molecule has 2 aromatic carbocycles. The smallest absolute Gasteiger partial charge is 0.335 e. The minimum atomic E-state index is -0.895. The summed E-state index contributed by atoms with van der Waals surface area (Å²) in [4.78, 5) is 10.9. The maximum absolute atomic E-state index is 10.9. The second kappa shape index (κ2) is 5.39. The molecule has 2 rings (SSSR count). The highest BCUT2D eigenvalue weighted by Gasteiger charge is 2.07. The van der Waals surface area contributed by atoms with E-state index in [1.807, 2.05) is 30.3 Å². The lowest BCUT2D eigenvalue weighted by Gasteiger charge is -2.09. The molecule has 0 aliphatic heterocycles. The first-order chi connectivity index (χ1) is 8.56.